The number of hydrogen-bond donors (Lipinski definition) is 0. The average Bonchev–Trinajstić information content (AvgIpc) is 2.67. The van der Waals surface area contributed by atoms with Crippen molar-refractivity contribution < 1.29 is 23.0 Å². The Balaban J connectivity index is 1.93. The van der Waals surface area contributed by atoms with Crippen LogP contribution in [0, 0.1) is 0 Å². The van der Waals surface area contributed by atoms with Crippen LogP contribution in [0.2, 0.25) is 0 Å². The molecule has 0 fully saturated rings. The fourth-order valence-corrected chi connectivity index (χ4v) is 2.80. The van der Waals surface area contributed by atoms with E-state index in [1.165, 1.54) is 26.4 Å². The summed E-state index contributed by atoms with van der Waals surface area (Å²) in [5.41, 5.74) is -0.401. The van der Waals surface area contributed by atoms with Gasteiger partial charge in [-0.3, -0.25) is 0 Å². The monoisotopic (exact) mass is 366 g/mol. The van der Waals surface area contributed by atoms with E-state index in [4.69, 9.17) is 23.0 Å². The Morgan fingerprint density at radius 2 is 1.44 bits per heavy atom. The van der Waals surface area contributed by atoms with Crippen molar-refractivity contribution in [3.63, 3.8) is 0 Å². The van der Waals surface area contributed by atoms with Gasteiger partial charge in [0.05, 0.1) is 14.2 Å². The molecule has 0 N–H and O–H groups in total. The van der Waals surface area contributed by atoms with Crippen LogP contribution in [-0.4, -0.2) is 14.2 Å². The first-order valence-electron chi connectivity index (χ1n) is 7.99. The van der Waals surface area contributed by atoms with E-state index >= 15 is 0 Å². The number of benzene rings is 2. The molecular weight excluding hydrogens is 352 g/mol. The molecule has 0 saturated heterocycles. The first-order valence-corrected chi connectivity index (χ1v) is 7.99. The molecule has 0 spiro atoms. The third kappa shape index (κ3) is 2.99. The summed E-state index contributed by atoms with van der Waals surface area (Å²) in [5.74, 6) is 1.24. The van der Waals surface area contributed by atoms with Gasteiger partial charge in [-0.2, -0.15) is 0 Å². The maximum atomic E-state index is 11.7. The minimum absolute atomic E-state index is 0.183. The second-order valence-corrected chi connectivity index (χ2v) is 5.67. The summed E-state index contributed by atoms with van der Waals surface area (Å²) in [6.07, 6.45) is 0. The van der Waals surface area contributed by atoms with Gasteiger partial charge < -0.3 is 23.0 Å². The van der Waals surface area contributed by atoms with Crippen LogP contribution < -0.4 is 25.5 Å². The summed E-state index contributed by atoms with van der Waals surface area (Å²) in [4.78, 5) is 23.2. The molecular formula is C20H14O7. The van der Waals surface area contributed by atoms with E-state index in [-0.39, 0.29) is 17.1 Å². The van der Waals surface area contributed by atoms with Gasteiger partial charge in [0.1, 0.15) is 11.3 Å². The smallest absolute Gasteiger partial charge is 0.336 e. The van der Waals surface area contributed by atoms with E-state index in [0.29, 0.717) is 22.5 Å². The summed E-state index contributed by atoms with van der Waals surface area (Å²) in [7, 11) is 2.95. The fraction of sp³-hybridized carbons (Fsp3) is 0.100. The minimum Gasteiger partial charge on any atom is -0.493 e. The highest BCUT2D eigenvalue weighted by Crippen LogP contribution is 2.45. The largest absolute Gasteiger partial charge is 0.493 e. The van der Waals surface area contributed by atoms with Crippen LogP contribution in [0.1, 0.15) is 0 Å². The molecule has 4 rings (SSSR count). The lowest BCUT2D eigenvalue weighted by Crippen LogP contribution is -2.00. The van der Waals surface area contributed by atoms with Crippen molar-refractivity contribution in [1.82, 2.24) is 0 Å². The zero-order chi connectivity index (χ0) is 19.0. The Morgan fingerprint density at radius 3 is 2.19 bits per heavy atom. The molecule has 0 atom stereocenters. The predicted molar refractivity (Wildman–Crippen MR) is 98.1 cm³/mol. The molecule has 7 nitrogen and oxygen atoms in total. The number of rotatable bonds is 4. The van der Waals surface area contributed by atoms with E-state index < -0.39 is 11.3 Å². The van der Waals surface area contributed by atoms with E-state index in [9.17, 15) is 9.59 Å². The average molecular weight is 366 g/mol. The lowest BCUT2D eigenvalue weighted by atomic mass is 10.2. The van der Waals surface area contributed by atoms with Crippen LogP contribution >= 0.6 is 0 Å². The minimum atomic E-state index is -0.524. The summed E-state index contributed by atoms with van der Waals surface area (Å²) in [5, 5.41) is 1.35. The van der Waals surface area contributed by atoms with Crippen molar-refractivity contribution in [2.24, 2.45) is 0 Å². The molecule has 0 aliphatic rings. The third-order valence-corrected chi connectivity index (χ3v) is 4.03. The molecule has 27 heavy (non-hydrogen) atoms. The lowest BCUT2D eigenvalue weighted by molar-refractivity contribution is 0.335. The summed E-state index contributed by atoms with van der Waals surface area (Å²) >= 11 is 0. The second kappa shape index (κ2) is 6.53. The van der Waals surface area contributed by atoms with Crippen molar-refractivity contribution in [2.45, 2.75) is 0 Å². The molecule has 2 aromatic heterocycles. The van der Waals surface area contributed by atoms with Gasteiger partial charge in [0, 0.05) is 29.0 Å². The molecule has 2 aromatic carbocycles. The molecule has 0 amide bonds. The van der Waals surface area contributed by atoms with Gasteiger partial charge in [-0.1, -0.05) is 0 Å². The summed E-state index contributed by atoms with van der Waals surface area (Å²) in [6, 6.07) is 12.6. The van der Waals surface area contributed by atoms with Gasteiger partial charge in [-0.05, 0) is 30.3 Å². The molecule has 136 valence electrons. The molecule has 7 heteroatoms. The standard InChI is InChI=1S/C20H14O7/c1-23-15-9-12-5-8-17(22)27-18(12)20(19(15)24-2)25-13-6-3-11-4-7-16(21)26-14(11)10-13/h3-10H,1-2H3. The van der Waals surface area contributed by atoms with E-state index in [2.05, 4.69) is 0 Å². The molecule has 0 aliphatic heterocycles. The Morgan fingerprint density at radius 1 is 0.741 bits per heavy atom. The Bertz CT molecular complexity index is 1270. The highest BCUT2D eigenvalue weighted by atomic mass is 16.5. The highest BCUT2D eigenvalue weighted by Gasteiger charge is 2.20. The van der Waals surface area contributed by atoms with Gasteiger partial charge in [0.25, 0.3) is 0 Å². The molecule has 0 unspecified atom stereocenters. The number of methoxy groups -OCH3 is 2. The Kier molecular flexibility index (Phi) is 4.04. The van der Waals surface area contributed by atoms with Gasteiger partial charge in [0.2, 0.25) is 11.5 Å². The van der Waals surface area contributed by atoms with E-state index in [0.717, 1.165) is 5.39 Å². The first kappa shape index (κ1) is 16.7. The molecule has 2 heterocycles. The molecule has 0 aliphatic carbocycles. The maximum absolute atomic E-state index is 11.7. The highest BCUT2D eigenvalue weighted by molar-refractivity contribution is 5.88. The SMILES string of the molecule is COc1cc2ccc(=O)oc2c(Oc2ccc3ccc(=O)oc3c2)c1OC. The first-order chi connectivity index (χ1) is 13.1. The molecule has 0 saturated carbocycles. The zero-order valence-corrected chi connectivity index (χ0v) is 14.5. The van der Waals surface area contributed by atoms with E-state index in [1.807, 2.05) is 0 Å². The van der Waals surface area contributed by atoms with Gasteiger partial charge in [-0.25, -0.2) is 9.59 Å². The van der Waals surface area contributed by atoms with Crippen LogP contribution in [-0.2, 0) is 0 Å². The second-order valence-electron chi connectivity index (χ2n) is 5.67. The fourth-order valence-electron chi connectivity index (χ4n) is 2.80. The van der Waals surface area contributed by atoms with Gasteiger partial charge in [0.15, 0.2) is 11.3 Å². The van der Waals surface area contributed by atoms with Gasteiger partial charge >= 0.3 is 11.3 Å². The van der Waals surface area contributed by atoms with Crippen LogP contribution in [0.15, 0.2) is 67.0 Å². The van der Waals surface area contributed by atoms with Crippen LogP contribution in [0.5, 0.6) is 23.0 Å². The number of ether oxygens (including phenoxy) is 3. The van der Waals surface area contributed by atoms with Gasteiger partial charge in [-0.15, -0.1) is 0 Å². The summed E-state index contributed by atoms with van der Waals surface area (Å²) in [6.45, 7) is 0. The van der Waals surface area contributed by atoms with Crippen molar-refractivity contribution >= 4 is 21.9 Å². The number of hydrogen-bond acceptors (Lipinski definition) is 7. The van der Waals surface area contributed by atoms with Crippen molar-refractivity contribution in [3.8, 4) is 23.0 Å². The van der Waals surface area contributed by atoms with Crippen LogP contribution in [0.4, 0.5) is 0 Å². The Hall–Kier alpha value is -3.74. The number of fused-ring (bicyclic) bond motifs is 2. The maximum Gasteiger partial charge on any atom is 0.336 e. The summed E-state index contributed by atoms with van der Waals surface area (Å²) < 4.78 is 27.2. The van der Waals surface area contributed by atoms with Crippen molar-refractivity contribution in [1.29, 1.82) is 0 Å². The topological polar surface area (TPSA) is 88.1 Å². The van der Waals surface area contributed by atoms with Crippen LogP contribution in [0.3, 0.4) is 0 Å². The van der Waals surface area contributed by atoms with Crippen molar-refractivity contribution in [2.75, 3.05) is 14.2 Å². The molecule has 0 radical (unpaired) electrons. The molecule has 4 aromatic rings. The third-order valence-electron chi connectivity index (χ3n) is 4.03. The zero-order valence-electron chi connectivity index (χ0n) is 14.5. The normalized spacial score (nSPS) is 10.9. The van der Waals surface area contributed by atoms with Crippen LogP contribution in [0.25, 0.3) is 21.9 Å². The van der Waals surface area contributed by atoms with Crippen molar-refractivity contribution in [3.05, 3.63) is 69.4 Å². The molecule has 0 bridgehead atoms. The van der Waals surface area contributed by atoms with E-state index in [1.54, 1.807) is 36.4 Å². The quantitative estimate of drug-likeness (QED) is 0.509. The predicted octanol–water partition coefficient (Wildman–Crippen LogP) is 3.71. The lowest BCUT2D eigenvalue weighted by Gasteiger charge is -2.15. The Labute approximate surface area is 152 Å².